The lowest BCUT2D eigenvalue weighted by Gasteiger charge is -2.11. The molecule has 104 valence electrons. The topological polar surface area (TPSA) is 77.2 Å². The van der Waals surface area contributed by atoms with E-state index in [0.29, 0.717) is 18.0 Å². The van der Waals surface area contributed by atoms with E-state index in [1.54, 1.807) is 13.0 Å². The summed E-state index contributed by atoms with van der Waals surface area (Å²) in [5.74, 6) is -0.00115. The third kappa shape index (κ3) is 3.06. The van der Waals surface area contributed by atoms with Gasteiger partial charge in [0.2, 0.25) is 0 Å². The number of nitrogens with one attached hydrogen (secondary N) is 1. The van der Waals surface area contributed by atoms with Crippen LogP contribution in [0.25, 0.3) is 0 Å². The monoisotopic (exact) mass is 271 g/mol. The largest absolute Gasteiger partial charge is 0.462 e. The lowest BCUT2D eigenvalue weighted by molar-refractivity contribution is 0.0527. The minimum absolute atomic E-state index is 0.284. The molecule has 0 amide bonds. The Hall–Kier alpha value is -2.56. The Morgan fingerprint density at radius 2 is 2.00 bits per heavy atom. The Labute approximate surface area is 117 Å². The highest BCUT2D eigenvalue weighted by atomic mass is 16.5. The molecule has 0 unspecified atom stereocenters. The summed E-state index contributed by atoms with van der Waals surface area (Å²) in [7, 11) is 0. The minimum atomic E-state index is -0.445. The van der Waals surface area contributed by atoms with E-state index in [4.69, 9.17) is 10.5 Å². The standard InChI is InChI=1S/C15H17N3O2/c1-3-20-15(19)12-8-9-17-14(13(12)16)18-11-6-4-10(2)5-7-11/h4-9H,3,16H2,1-2H3,(H,17,18). The van der Waals surface area contributed by atoms with E-state index in [1.807, 2.05) is 31.2 Å². The van der Waals surface area contributed by atoms with Crippen LogP contribution < -0.4 is 11.1 Å². The average molecular weight is 271 g/mol. The fourth-order valence-corrected chi connectivity index (χ4v) is 1.73. The highest BCUT2D eigenvalue weighted by molar-refractivity contribution is 5.98. The number of hydrogen-bond acceptors (Lipinski definition) is 5. The number of carbonyl (C=O) groups excluding carboxylic acids is 1. The SMILES string of the molecule is CCOC(=O)c1ccnc(Nc2ccc(C)cc2)c1N. The van der Waals surface area contributed by atoms with Crippen LogP contribution in [0.2, 0.25) is 0 Å². The fraction of sp³-hybridized carbons (Fsp3) is 0.200. The first-order chi connectivity index (χ1) is 9.61. The van der Waals surface area contributed by atoms with Crippen molar-refractivity contribution in [2.24, 2.45) is 0 Å². The van der Waals surface area contributed by atoms with Crippen molar-refractivity contribution in [3.8, 4) is 0 Å². The van der Waals surface area contributed by atoms with Gasteiger partial charge in [-0.3, -0.25) is 0 Å². The summed E-state index contributed by atoms with van der Waals surface area (Å²) in [6.07, 6.45) is 1.53. The van der Waals surface area contributed by atoms with Crippen LogP contribution in [0.3, 0.4) is 0 Å². The number of carbonyl (C=O) groups is 1. The molecule has 0 radical (unpaired) electrons. The zero-order chi connectivity index (χ0) is 14.5. The first-order valence-corrected chi connectivity index (χ1v) is 6.37. The van der Waals surface area contributed by atoms with E-state index in [2.05, 4.69) is 10.3 Å². The number of anilines is 3. The Morgan fingerprint density at radius 3 is 2.65 bits per heavy atom. The number of aryl methyl sites for hydroxylation is 1. The molecular weight excluding hydrogens is 254 g/mol. The zero-order valence-electron chi connectivity index (χ0n) is 11.5. The van der Waals surface area contributed by atoms with Gasteiger partial charge in [-0.2, -0.15) is 0 Å². The molecule has 0 aliphatic heterocycles. The van der Waals surface area contributed by atoms with Gasteiger partial charge in [-0.25, -0.2) is 9.78 Å². The van der Waals surface area contributed by atoms with E-state index in [0.717, 1.165) is 11.3 Å². The first-order valence-electron chi connectivity index (χ1n) is 6.37. The van der Waals surface area contributed by atoms with E-state index in [1.165, 1.54) is 6.20 Å². The van der Waals surface area contributed by atoms with Gasteiger partial charge in [0.25, 0.3) is 0 Å². The molecule has 3 N–H and O–H groups in total. The predicted octanol–water partition coefficient (Wildman–Crippen LogP) is 2.89. The predicted molar refractivity (Wildman–Crippen MR) is 79.1 cm³/mol. The third-order valence-electron chi connectivity index (χ3n) is 2.80. The average Bonchev–Trinajstić information content (AvgIpc) is 2.44. The molecule has 2 rings (SSSR count). The van der Waals surface area contributed by atoms with Gasteiger partial charge >= 0.3 is 5.97 Å². The molecule has 1 aromatic heterocycles. The molecule has 5 nitrogen and oxygen atoms in total. The van der Waals surface area contributed by atoms with Crippen molar-refractivity contribution >= 4 is 23.2 Å². The quantitative estimate of drug-likeness (QED) is 0.836. The molecule has 0 spiro atoms. The normalized spacial score (nSPS) is 10.1. The number of nitrogens with zero attached hydrogens (tertiary/aromatic N) is 1. The van der Waals surface area contributed by atoms with Crippen molar-refractivity contribution in [1.29, 1.82) is 0 Å². The number of esters is 1. The van der Waals surface area contributed by atoms with Crippen LogP contribution in [0, 0.1) is 6.92 Å². The molecule has 0 atom stereocenters. The maximum atomic E-state index is 11.8. The molecule has 0 bridgehead atoms. The molecule has 0 aliphatic rings. The summed E-state index contributed by atoms with van der Waals surface area (Å²) in [5, 5.41) is 3.09. The molecule has 2 aromatic rings. The second-order valence-corrected chi connectivity index (χ2v) is 4.33. The number of nitrogen functional groups attached to an aromatic ring is 1. The van der Waals surface area contributed by atoms with Crippen molar-refractivity contribution in [2.45, 2.75) is 13.8 Å². The minimum Gasteiger partial charge on any atom is -0.462 e. The number of benzene rings is 1. The molecule has 1 heterocycles. The number of rotatable bonds is 4. The summed E-state index contributed by atoms with van der Waals surface area (Å²) in [4.78, 5) is 15.9. The summed E-state index contributed by atoms with van der Waals surface area (Å²) >= 11 is 0. The van der Waals surface area contributed by atoms with Crippen LogP contribution in [0.5, 0.6) is 0 Å². The molecule has 0 saturated carbocycles. The molecular formula is C15H17N3O2. The summed E-state index contributed by atoms with van der Waals surface area (Å²) < 4.78 is 4.96. The van der Waals surface area contributed by atoms with Crippen molar-refractivity contribution in [3.63, 3.8) is 0 Å². The second-order valence-electron chi connectivity index (χ2n) is 4.33. The van der Waals surface area contributed by atoms with Crippen molar-refractivity contribution in [2.75, 3.05) is 17.7 Å². The smallest absolute Gasteiger partial charge is 0.340 e. The Bertz CT molecular complexity index is 609. The first kappa shape index (κ1) is 13.9. The van der Waals surface area contributed by atoms with Gasteiger partial charge in [0.15, 0.2) is 5.82 Å². The second kappa shape index (κ2) is 6.06. The zero-order valence-corrected chi connectivity index (χ0v) is 11.5. The summed E-state index contributed by atoms with van der Waals surface area (Å²) in [6.45, 7) is 4.07. The molecule has 1 aromatic carbocycles. The number of aromatic nitrogens is 1. The number of hydrogen-bond donors (Lipinski definition) is 2. The van der Waals surface area contributed by atoms with E-state index in [-0.39, 0.29) is 5.69 Å². The van der Waals surface area contributed by atoms with Crippen LogP contribution >= 0.6 is 0 Å². The van der Waals surface area contributed by atoms with Crippen LogP contribution in [0.4, 0.5) is 17.2 Å². The van der Waals surface area contributed by atoms with E-state index in [9.17, 15) is 4.79 Å². The Morgan fingerprint density at radius 1 is 1.30 bits per heavy atom. The lowest BCUT2D eigenvalue weighted by atomic mass is 10.2. The van der Waals surface area contributed by atoms with Gasteiger partial charge in [-0.1, -0.05) is 17.7 Å². The van der Waals surface area contributed by atoms with Crippen LogP contribution in [-0.4, -0.2) is 17.6 Å². The van der Waals surface area contributed by atoms with Crippen LogP contribution in [-0.2, 0) is 4.74 Å². The van der Waals surface area contributed by atoms with Gasteiger partial charge in [0.1, 0.15) is 0 Å². The number of pyridine rings is 1. The third-order valence-corrected chi connectivity index (χ3v) is 2.80. The van der Waals surface area contributed by atoms with Crippen LogP contribution in [0.15, 0.2) is 36.5 Å². The Balaban J connectivity index is 2.26. The van der Waals surface area contributed by atoms with Gasteiger partial charge in [-0.15, -0.1) is 0 Å². The van der Waals surface area contributed by atoms with Crippen molar-refractivity contribution in [3.05, 3.63) is 47.7 Å². The van der Waals surface area contributed by atoms with Gasteiger partial charge in [0, 0.05) is 11.9 Å². The summed E-state index contributed by atoms with van der Waals surface area (Å²) in [6, 6.07) is 9.36. The van der Waals surface area contributed by atoms with E-state index >= 15 is 0 Å². The van der Waals surface area contributed by atoms with Gasteiger partial charge in [-0.05, 0) is 32.0 Å². The summed E-state index contributed by atoms with van der Waals surface area (Å²) in [5.41, 5.74) is 8.59. The highest BCUT2D eigenvalue weighted by Crippen LogP contribution is 2.24. The van der Waals surface area contributed by atoms with Crippen molar-refractivity contribution in [1.82, 2.24) is 4.98 Å². The molecule has 0 saturated heterocycles. The van der Waals surface area contributed by atoms with Gasteiger partial charge < -0.3 is 15.8 Å². The lowest BCUT2D eigenvalue weighted by Crippen LogP contribution is -2.10. The number of ether oxygens (including phenoxy) is 1. The highest BCUT2D eigenvalue weighted by Gasteiger charge is 2.14. The number of nitrogens with two attached hydrogens (primary N) is 1. The van der Waals surface area contributed by atoms with E-state index < -0.39 is 5.97 Å². The molecule has 0 fully saturated rings. The van der Waals surface area contributed by atoms with Crippen LogP contribution in [0.1, 0.15) is 22.8 Å². The maximum Gasteiger partial charge on any atom is 0.340 e. The Kier molecular flexibility index (Phi) is 4.20. The molecule has 20 heavy (non-hydrogen) atoms. The maximum absolute atomic E-state index is 11.8. The molecule has 5 heteroatoms. The fourth-order valence-electron chi connectivity index (χ4n) is 1.73. The van der Waals surface area contributed by atoms with Crippen molar-refractivity contribution < 1.29 is 9.53 Å². The molecule has 0 aliphatic carbocycles. The van der Waals surface area contributed by atoms with Gasteiger partial charge in [0.05, 0.1) is 17.9 Å².